The van der Waals surface area contributed by atoms with Gasteiger partial charge in [-0.15, -0.1) is 0 Å². The van der Waals surface area contributed by atoms with Crippen LogP contribution in [0.25, 0.3) is 0 Å². The lowest BCUT2D eigenvalue weighted by Crippen LogP contribution is -2.64. The molecule has 1 atom stereocenters. The molecule has 26 heavy (non-hydrogen) atoms. The lowest BCUT2D eigenvalue weighted by Gasteiger charge is -2.45. The van der Waals surface area contributed by atoms with Crippen molar-refractivity contribution >= 4 is 23.4 Å². The van der Waals surface area contributed by atoms with Gasteiger partial charge in [0, 0.05) is 58.1 Å². The zero-order valence-electron chi connectivity index (χ0n) is 15.1. The molecule has 0 unspecified atom stereocenters. The Morgan fingerprint density at radius 2 is 1.85 bits per heavy atom. The first-order valence-electron chi connectivity index (χ1n) is 8.66. The van der Waals surface area contributed by atoms with Crippen molar-refractivity contribution in [2.75, 3.05) is 58.8 Å². The summed E-state index contributed by atoms with van der Waals surface area (Å²) in [5, 5.41) is 2.69. The quantitative estimate of drug-likeness (QED) is 0.809. The predicted octanol–water partition coefficient (Wildman–Crippen LogP) is -0.130. The summed E-state index contributed by atoms with van der Waals surface area (Å²) >= 11 is 0. The minimum Gasteiger partial charge on any atom is -0.375 e. The molecule has 2 fully saturated rings. The van der Waals surface area contributed by atoms with E-state index in [0.717, 1.165) is 13.1 Å². The summed E-state index contributed by atoms with van der Waals surface area (Å²) in [7, 11) is 3.26. The predicted molar refractivity (Wildman–Crippen MR) is 95.8 cm³/mol. The Morgan fingerprint density at radius 1 is 1.15 bits per heavy atom. The standard InChI is InChI=1S/C18H24N4O4/c1-20-7-8-21-9-10-22(11-15(21)18(20)25)17(24)13-3-5-14(6-4-13)19-16(23)12-26-2/h3-6,15H,7-12H2,1-2H3,(H,19,23)/t15-/m0/s1. The molecule has 0 bridgehead atoms. The third kappa shape index (κ3) is 3.86. The highest BCUT2D eigenvalue weighted by molar-refractivity contribution is 5.96. The fourth-order valence-electron chi connectivity index (χ4n) is 3.36. The number of fused-ring (bicyclic) bond motifs is 1. The zero-order valence-corrected chi connectivity index (χ0v) is 15.1. The molecule has 8 nitrogen and oxygen atoms in total. The number of anilines is 1. The van der Waals surface area contributed by atoms with Crippen molar-refractivity contribution in [2.24, 2.45) is 0 Å². The van der Waals surface area contributed by atoms with Crippen LogP contribution in [0, 0.1) is 0 Å². The van der Waals surface area contributed by atoms with Crippen molar-refractivity contribution in [3.8, 4) is 0 Å². The number of rotatable bonds is 4. The van der Waals surface area contributed by atoms with E-state index < -0.39 is 0 Å². The van der Waals surface area contributed by atoms with Crippen LogP contribution in [0.4, 0.5) is 5.69 Å². The zero-order chi connectivity index (χ0) is 18.7. The van der Waals surface area contributed by atoms with E-state index in [9.17, 15) is 14.4 Å². The number of carbonyl (C=O) groups is 3. The van der Waals surface area contributed by atoms with E-state index in [-0.39, 0.29) is 30.4 Å². The second-order valence-electron chi connectivity index (χ2n) is 6.62. The van der Waals surface area contributed by atoms with Gasteiger partial charge in [0.25, 0.3) is 5.91 Å². The average molecular weight is 360 g/mol. The number of nitrogens with one attached hydrogen (secondary N) is 1. The summed E-state index contributed by atoms with van der Waals surface area (Å²) in [5.74, 6) is -0.270. The van der Waals surface area contributed by atoms with Crippen molar-refractivity contribution < 1.29 is 19.1 Å². The van der Waals surface area contributed by atoms with Crippen molar-refractivity contribution in [1.29, 1.82) is 0 Å². The molecule has 2 heterocycles. The second-order valence-corrected chi connectivity index (χ2v) is 6.62. The number of amides is 3. The summed E-state index contributed by atoms with van der Waals surface area (Å²) in [6.07, 6.45) is 0. The number of hydrogen-bond donors (Lipinski definition) is 1. The van der Waals surface area contributed by atoms with Gasteiger partial charge in [-0.25, -0.2) is 0 Å². The van der Waals surface area contributed by atoms with Crippen LogP contribution in [0.3, 0.4) is 0 Å². The highest BCUT2D eigenvalue weighted by Gasteiger charge is 2.38. The van der Waals surface area contributed by atoms with E-state index in [0.29, 0.717) is 30.9 Å². The van der Waals surface area contributed by atoms with Gasteiger partial charge in [0.1, 0.15) is 12.6 Å². The third-order valence-electron chi connectivity index (χ3n) is 4.85. The highest BCUT2D eigenvalue weighted by atomic mass is 16.5. The normalized spacial score (nSPS) is 20.7. The number of nitrogens with zero attached hydrogens (tertiary/aromatic N) is 3. The monoisotopic (exact) mass is 360 g/mol. The topological polar surface area (TPSA) is 82.2 Å². The Morgan fingerprint density at radius 3 is 2.54 bits per heavy atom. The lowest BCUT2D eigenvalue weighted by molar-refractivity contribution is -0.142. The molecule has 0 aromatic heterocycles. The Labute approximate surface area is 152 Å². The van der Waals surface area contributed by atoms with Crippen LogP contribution in [-0.4, -0.2) is 92.0 Å². The summed E-state index contributed by atoms with van der Waals surface area (Å²) in [5.41, 5.74) is 1.15. The molecule has 2 aliphatic heterocycles. The van der Waals surface area contributed by atoms with Gasteiger partial charge >= 0.3 is 0 Å². The summed E-state index contributed by atoms with van der Waals surface area (Å²) in [6, 6.07) is 6.50. The molecule has 0 aliphatic carbocycles. The van der Waals surface area contributed by atoms with Crippen LogP contribution in [0.5, 0.6) is 0 Å². The molecule has 3 rings (SSSR count). The Hall–Kier alpha value is -2.45. The summed E-state index contributed by atoms with van der Waals surface area (Å²) < 4.78 is 4.77. The van der Waals surface area contributed by atoms with E-state index in [1.807, 2.05) is 0 Å². The summed E-state index contributed by atoms with van der Waals surface area (Å²) in [4.78, 5) is 42.3. The van der Waals surface area contributed by atoms with Crippen LogP contribution < -0.4 is 5.32 Å². The number of likely N-dealkylation sites (N-methyl/N-ethyl adjacent to an activating group) is 1. The molecule has 0 spiro atoms. The number of piperazine rings is 2. The van der Waals surface area contributed by atoms with E-state index in [1.54, 1.807) is 41.1 Å². The molecule has 140 valence electrons. The first-order chi connectivity index (χ1) is 12.5. The number of carbonyl (C=O) groups excluding carboxylic acids is 3. The molecule has 1 aromatic rings. The number of benzene rings is 1. The molecule has 0 radical (unpaired) electrons. The Kier molecular flexibility index (Phi) is 5.53. The Balaban J connectivity index is 1.64. The maximum atomic E-state index is 12.8. The summed E-state index contributed by atoms with van der Waals surface area (Å²) in [6.45, 7) is 3.30. The highest BCUT2D eigenvalue weighted by Crippen LogP contribution is 2.19. The molecular weight excluding hydrogens is 336 g/mol. The Bertz CT molecular complexity index is 691. The van der Waals surface area contributed by atoms with Gasteiger partial charge in [-0.05, 0) is 24.3 Å². The van der Waals surface area contributed by atoms with Gasteiger partial charge in [0.15, 0.2) is 0 Å². The van der Waals surface area contributed by atoms with Crippen molar-refractivity contribution in [3.63, 3.8) is 0 Å². The van der Waals surface area contributed by atoms with E-state index in [4.69, 9.17) is 4.74 Å². The minimum absolute atomic E-state index is 0.0190. The molecular formula is C18H24N4O4. The molecule has 8 heteroatoms. The van der Waals surface area contributed by atoms with Gasteiger partial charge in [0.05, 0.1) is 0 Å². The number of hydrogen-bond acceptors (Lipinski definition) is 5. The molecule has 0 saturated carbocycles. The van der Waals surface area contributed by atoms with E-state index in [2.05, 4.69) is 10.2 Å². The van der Waals surface area contributed by atoms with Crippen LogP contribution in [0.15, 0.2) is 24.3 Å². The maximum Gasteiger partial charge on any atom is 0.253 e. The first kappa shape index (κ1) is 18.3. The first-order valence-corrected chi connectivity index (χ1v) is 8.66. The smallest absolute Gasteiger partial charge is 0.253 e. The van der Waals surface area contributed by atoms with Gasteiger partial charge < -0.3 is 19.9 Å². The van der Waals surface area contributed by atoms with Crippen LogP contribution in [-0.2, 0) is 14.3 Å². The third-order valence-corrected chi connectivity index (χ3v) is 4.85. The van der Waals surface area contributed by atoms with Crippen molar-refractivity contribution in [3.05, 3.63) is 29.8 Å². The largest absolute Gasteiger partial charge is 0.375 e. The van der Waals surface area contributed by atoms with E-state index >= 15 is 0 Å². The SMILES string of the molecule is COCC(=O)Nc1ccc(C(=O)N2CCN3CCN(C)C(=O)[C@@H]3C2)cc1. The van der Waals surface area contributed by atoms with Crippen molar-refractivity contribution in [1.82, 2.24) is 14.7 Å². The molecule has 2 saturated heterocycles. The van der Waals surface area contributed by atoms with Crippen LogP contribution >= 0.6 is 0 Å². The van der Waals surface area contributed by atoms with Gasteiger partial charge in [0.2, 0.25) is 11.8 Å². The number of methoxy groups -OCH3 is 1. The van der Waals surface area contributed by atoms with Gasteiger partial charge in [-0.3, -0.25) is 19.3 Å². The van der Waals surface area contributed by atoms with Gasteiger partial charge in [-0.1, -0.05) is 0 Å². The molecule has 2 aliphatic rings. The molecule has 1 aromatic carbocycles. The number of ether oxygens (including phenoxy) is 1. The molecule has 3 amide bonds. The lowest BCUT2D eigenvalue weighted by atomic mass is 10.1. The second kappa shape index (κ2) is 7.84. The average Bonchev–Trinajstić information content (AvgIpc) is 2.65. The molecule has 1 N–H and O–H groups in total. The fourth-order valence-corrected chi connectivity index (χ4v) is 3.36. The maximum absolute atomic E-state index is 12.8. The van der Waals surface area contributed by atoms with Crippen molar-refractivity contribution in [2.45, 2.75) is 6.04 Å². The fraction of sp³-hybridized carbons (Fsp3) is 0.500. The van der Waals surface area contributed by atoms with E-state index in [1.165, 1.54) is 7.11 Å². The minimum atomic E-state index is -0.251. The van der Waals surface area contributed by atoms with Crippen LogP contribution in [0.1, 0.15) is 10.4 Å². The van der Waals surface area contributed by atoms with Gasteiger partial charge in [-0.2, -0.15) is 0 Å². The van der Waals surface area contributed by atoms with Crippen LogP contribution in [0.2, 0.25) is 0 Å².